The van der Waals surface area contributed by atoms with E-state index in [2.05, 4.69) is 5.32 Å². The average Bonchev–Trinajstić information content (AvgIpc) is 2.38. The van der Waals surface area contributed by atoms with Crippen LogP contribution in [0.1, 0.15) is 30.6 Å². The fourth-order valence-electron chi connectivity index (χ4n) is 1.68. The Morgan fingerprint density at radius 1 is 1.42 bits per heavy atom. The van der Waals surface area contributed by atoms with Gasteiger partial charge in [-0.2, -0.15) is 0 Å². The molecule has 0 aliphatic carbocycles. The number of carbonyl (C=O) groups excluding carboxylic acids is 1. The maximum absolute atomic E-state index is 10.7. The standard InChI is InChI=1S/C13H18ClNO4/c1-8(17)15-5-4-12(18)13(19)9-2-3-11(14)10(6-9)7-16/h2-3,6,12-13,16,18-19H,4-5,7H2,1H3,(H,15,17). The highest BCUT2D eigenvalue weighted by Gasteiger charge is 2.19. The number of amides is 1. The highest BCUT2D eigenvalue weighted by atomic mass is 35.5. The van der Waals surface area contributed by atoms with E-state index in [0.717, 1.165) is 0 Å². The summed E-state index contributed by atoms with van der Waals surface area (Å²) in [5.41, 5.74) is 0.969. The summed E-state index contributed by atoms with van der Waals surface area (Å²) >= 11 is 5.85. The van der Waals surface area contributed by atoms with Gasteiger partial charge in [0, 0.05) is 18.5 Å². The summed E-state index contributed by atoms with van der Waals surface area (Å²) in [6, 6.07) is 4.70. The maximum atomic E-state index is 10.7. The summed E-state index contributed by atoms with van der Waals surface area (Å²) in [7, 11) is 0. The van der Waals surface area contributed by atoms with Crippen molar-refractivity contribution in [2.75, 3.05) is 6.54 Å². The van der Waals surface area contributed by atoms with E-state index >= 15 is 0 Å². The molecule has 0 heterocycles. The van der Waals surface area contributed by atoms with Crippen molar-refractivity contribution < 1.29 is 20.1 Å². The summed E-state index contributed by atoms with van der Waals surface area (Å²) in [6.07, 6.45) is -1.85. The molecule has 1 rings (SSSR count). The van der Waals surface area contributed by atoms with Gasteiger partial charge in [0.25, 0.3) is 0 Å². The molecule has 6 heteroatoms. The number of rotatable bonds is 6. The Bertz CT molecular complexity index is 439. The summed E-state index contributed by atoms with van der Waals surface area (Å²) in [4.78, 5) is 10.7. The first kappa shape index (κ1) is 15.9. The zero-order chi connectivity index (χ0) is 14.4. The van der Waals surface area contributed by atoms with Gasteiger partial charge < -0.3 is 20.6 Å². The molecular formula is C13H18ClNO4. The van der Waals surface area contributed by atoms with Gasteiger partial charge in [-0.15, -0.1) is 0 Å². The molecule has 0 aromatic heterocycles. The molecule has 0 bridgehead atoms. The molecule has 106 valence electrons. The molecule has 0 saturated carbocycles. The first-order valence-electron chi connectivity index (χ1n) is 5.95. The molecule has 0 aliphatic rings. The highest BCUT2D eigenvalue weighted by molar-refractivity contribution is 6.31. The maximum Gasteiger partial charge on any atom is 0.216 e. The molecule has 0 fully saturated rings. The van der Waals surface area contributed by atoms with Crippen LogP contribution in [0.4, 0.5) is 0 Å². The van der Waals surface area contributed by atoms with Gasteiger partial charge in [0.1, 0.15) is 6.10 Å². The quantitative estimate of drug-likeness (QED) is 0.622. The molecule has 0 saturated heterocycles. The number of halogens is 1. The van der Waals surface area contributed by atoms with E-state index in [4.69, 9.17) is 16.7 Å². The van der Waals surface area contributed by atoms with Crippen molar-refractivity contribution in [3.63, 3.8) is 0 Å². The van der Waals surface area contributed by atoms with Gasteiger partial charge in [0.2, 0.25) is 5.91 Å². The third kappa shape index (κ3) is 4.80. The number of carbonyl (C=O) groups is 1. The molecule has 1 aromatic carbocycles. The minimum atomic E-state index is -1.09. The van der Waals surface area contributed by atoms with Gasteiger partial charge in [-0.3, -0.25) is 4.79 Å². The van der Waals surface area contributed by atoms with E-state index in [1.807, 2.05) is 0 Å². The molecule has 4 N–H and O–H groups in total. The van der Waals surface area contributed by atoms with Crippen molar-refractivity contribution in [2.24, 2.45) is 0 Å². The zero-order valence-corrected chi connectivity index (χ0v) is 11.4. The Morgan fingerprint density at radius 3 is 2.68 bits per heavy atom. The lowest BCUT2D eigenvalue weighted by Gasteiger charge is -2.19. The van der Waals surface area contributed by atoms with Crippen LogP contribution < -0.4 is 5.32 Å². The molecule has 5 nitrogen and oxygen atoms in total. The fourth-order valence-corrected chi connectivity index (χ4v) is 1.85. The number of aliphatic hydroxyl groups excluding tert-OH is 3. The van der Waals surface area contributed by atoms with Gasteiger partial charge in [-0.1, -0.05) is 17.7 Å². The third-order valence-corrected chi connectivity index (χ3v) is 3.13. The Labute approximate surface area is 116 Å². The predicted molar refractivity (Wildman–Crippen MR) is 71.6 cm³/mol. The second-order valence-electron chi connectivity index (χ2n) is 4.29. The topological polar surface area (TPSA) is 89.8 Å². The van der Waals surface area contributed by atoms with E-state index in [1.54, 1.807) is 18.2 Å². The smallest absolute Gasteiger partial charge is 0.216 e. The van der Waals surface area contributed by atoms with E-state index in [-0.39, 0.29) is 25.5 Å². The first-order chi connectivity index (χ1) is 8.95. The van der Waals surface area contributed by atoms with Crippen LogP contribution in [0.25, 0.3) is 0 Å². The van der Waals surface area contributed by atoms with Crippen LogP contribution in [0.2, 0.25) is 5.02 Å². The molecular weight excluding hydrogens is 270 g/mol. The summed E-state index contributed by atoms with van der Waals surface area (Å²) in [5, 5.41) is 31.8. The van der Waals surface area contributed by atoms with E-state index < -0.39 is 12.2 Å². The van der Waals surface area contributed by atoms with Crippen LogP contribution in [0, 0.1) is 0 Å². The molecule has 0 aliphatic heterocycles. The molecule has 1 aromatic rings. The van der Waals surface area contributed by atoms with Crippen molar-refractivity contribution in [3.8, 4) is 0 Å². The lowest BCUT2D eigenvalue weighted by molar-refractivity contribution is -0.119. The minimum Gasteiger partial charge on any atom is -0.392 e. The molecule has 19 heavy (non-hydrogen) atoms. The lowest BCUT2D eigenvalue weighted by atomic mass is 10.00. The number of hydrogen-bond acceptors (Lipinski definition) is 4. The first-order valence-corrected chi connectivity index (χ1v) is 6.33. The number of benzene rings is 1. The Morgan fingerprint density at radius 2 is 2.11 bits per heavy atom. The monoisotopic (exact) mass is 287 g/mol. The Kier molecular flexibility index (Phi) is 6.24. The molecule has 2 atom stereocenters. The second-order valence-corrected chi connectivity index (χ2v) is 4.70. The van der Waals surface area contributed by atoms with Crippen molar-refractivity contribution in [3.05, 3.63) is 34.3 Å². The van der Waals surface area contributed by atoms with E-state index in [0.29, 0.717) is 16.1 Å². The van der Waals surface area contributed by atoms with Crippen molar-refractivity contribution in [1.82, 2.24) is 5.32 Å². The molecule has 0 spiro atoms. The van der Waals surface area contributed by atoms with Crippen LogP contribution in [-0.4, -0.2) is 33.9 Å². The van der Waals surface area contributed by atoms with Crippen LogP contribution in [0.5, 0.6) is 0 Å². The summed E-state index contributed by atoms with van der Waals surface area (Å²) < 4.78 is 0. The normalized spacial score (nSPS) is 13.9. The lowest BCUT2D eigenvalue weighted by Crippen LogP contribution is -2.27. The molecule has 0 radical (unpaired) electrons. The Hall–Kier alpha value is -1.14. The zero-order valence-electron chi connectivity index (χ0n) is 10.6. The second kappa shape index (κ2) is 7.45. The van der Waals surface area contributed by atoms with Gasteiger partial charge in [0.05, 0.1) is 12.7 Å². The predicted octanol–water partition coefficient (Wildman–Crippen LogP) is 0.753. The number of hydrogen-bond donors (Lipinski definition) is 4. The SMILES string of the molecule is CC(=O)NCCC(O)C(O)c1ccc(Cl)c(CO)c1. The van der Waals surface area contributed by atoms with Crippen molar-refractivity contribution in [2.45, 2.75) is 32.2 Å². The number of nitrogens with one attached hydrogen (secondary N) is 1. The van der Waals surface area contributed by atoms with Gasteiger partial charge >= 0.3 is 0 Å². The van der Waals surface area contributed by atoms with Crippen LogP contribution >= 0.6 is 11.6 Å². The molecule has 1 amide bonds. The largest absolute Gasteiger partial charge is 0.392 e. The highest BCUT2D eigenvalue weighted by Crippen LogP contribution is 2.24. The number of aliphatic hydroxyl groups is 3. The molecule has 2 unspecified atom stereocenters. The summed E-state index contributed by atoms with van der Waals surface area (Å²) in [5.74, 6) is -0.184. The van der Waals surface area contributed by atoms with Crippen LogP contribution in [-0.2, 0) is 11.4 Å². The van der Waals surface area contributed by atoms with Gasteiger partial charge in [-0.25, -0.2) is 0 Å². The van der Waals surface area contributed by atoms with E-state index in [9.17, 15) is 15.0 Å². The Balaban J connectivity index is 2.65. The summed E-state index contributed by atoms with van der Waals surface area (Å²) in [6.45, 7) is 1.44. The van der Waals surface area contributed by atoms with Gasteiger partial charge in [-0.05, 0) is 29.7 Å². The van der Waals surface area contributed by atoms with Crippen LogP contribution in [0.3, 0.4) is 0 Å². The average molecular weight is 288 g/mol. The van der Waals surface area contributed by atoms with Gasteiger partial charge in [0.15, 0.2) is 0 Å². The van der Waals surface area contributed by atoms with Crippen molar-refractivity contribution in [1.29, 1.82) is 0 Å². The third-order valence-electron chi connectivity index (χ3n) is 2.76. The van der Waals surface area contributed by atoms with Crippen LogP contribution in [0.15, 0.2) is 18.2 Å². The van der Waals surface area contributed by atoms with E-state index in [1.165, 1.54) is 6.92 Å². The fraction of sp³-hybridized carbons (Fsp3) is 0.462. The minimum absolute atomic E-state index is 0.184. The van der Waals surface area contributed by atoms with Crippen molar-refractivity contribution >= 4 is 17.5 Å².